The Hall–Kier alpha value is -2.09. The van der Waals surface area contributed by atoms with Crippen LogP contribution >= 0.6 is 11.3 Å². The molecule has 1 amide bonds. The molecule has 0 fully saturated rings. The Balaban J connectivity index is 1.99. The molecule has 0 aliphatic carbocycles. The minimum Gasteiger partial charge on any atom is -0.494 e. The van der Waals surface area contributed by atoms with Crippen LogP contribution in [-0.4, -0.2) is 35.2 Å². The molecule has 2 rings (SSSR count). The van der Waals surface area contributed by atoms with Crippen molar-refractivity contribution in [1.29, 1.82) is 0 Å². The number of nitrogens with one attached hydrogen (secondary N) is 1. The third-order valence-corrected chi connectivity index (χ3v) is 3.36. The Morgan fingerprint density at radius 2 is 2.32 bits per heavy atom. The van der Waals surface area contributed by atoms with E-state index in [9.17, 15) is 9.59 Å². The Kier molecular flexibility index (Phi) is 4.00. The van der Waals surface area contributed by atoms with Gasteiger partial charge in [0.2, 0.25) is 5.76 Å². The molecule has 1 aliphatic rings. The molecule has 1 aliphatic heterocycles. The molecule has 0 saturated carbocycles. The fourth-order valence-electron chi connectivity index (χ4n) is 1.40. The number of thiazole rings is 1. The van der Waals surface area contributed by atoms with Crippen LogP contribution in [0.4, 0.5) is 0 Å². The molecule has 0 saturated heterocycles. The molecule has 19 heavy (non-hydrogen) atoms. The van der Waals surface area contributed by atoms with Gasteiger partial charge in [-0.3, -0.25) is 4.79 Å². The van der Waals surface area contributed by atoms with Crippen molar-refractivity contribution < 1.29 is 24.2 Å². The molecule has 2 heterocycles. The fourth-order valence-corrected chi connectivity index (χ4v) is 2.20. The summed E-state index contributed by atoms with van der Waals surface area (Å²) < 4.78 is 10.1. The lowest BCUT2D eigenvalue weighted by Gasteiger charge is -2.17. The zero-order valence-corrected chi connectivity index (χ0v) is 10.9. The van der Waals surface area contributed by atoms with Gasteiger partial charge in [0.25, 0.3) is 5.91 Å². The van der Waals surface area contributed by atoms with Crippen LogP contribution in [0.2, 0.25) is 0 Å². The van der Waals surface area contributed by atoms with E-state index in [4.69, 9.17) is 14.6 Å². The zero-order chi connectivity index (χ0) is 13.8. The van der Waals surface area contributed by atoms with Crippen LogP contribution in [0, 0.1) is 0 Å². The number of aromatic nitrogens is 1. The monoisotopic (exact) mass is 284 g/mol. The molecule has 0 aromatic carbocycles. The van der Waals surface area contributed by atoms with Crippen molar-refractivity contribution >= 4 is 23.2 Å². The van der Waals surface area contributed by atoms with Gasteiger partial charge in [0.1, 0.15) is 24.5 Å². The first-order chi connectivity index (χ1) is 9.08. The quantitative estimate of drug-likeness (QED) is 0.852. The van der Waals surface area contributed by atoms with Gasteiger partial charge in [-0.15, -0.1) is 11.3 Å². The predicted octanol–water partition coefficient (Wildman–Crippen LogP) is 0.907. The van der Waals surface area contributed by atoms with Crippen molar-refractivity contribution in [2.45, 2.75) is 13.0 Å². The zero-order valence-electron chi connectivity index (χ0n) is 10.1. The largest absolute Gasteiger partial charge is 0.494 e. The average Bonchev–Trinajstić information content (AvgIpc) is 2.89. The lowest BCUT2D eigenvalue weighted by molar-refractivity contribution is -0.122. The van der Waals surface area contributed by atoms with E-state index in [-0.39, 0.29) is 11.5 Å². The third kappa shape index (κ3) is 3.22. The molecule has 1 aromatic heterocycles. The van der Waals surface area contributed by atoms with E-state index in [1.165, 1.54) is 23.0 Å². The maximum atomic E-state index is 11.8. The molecule has 1 aromatic rings. The SMILES string of the molecule is CC(NC(=O)C1=COCCO1)c1nc(C(=O)O)cs1. The second-order valence-corrected chi connectivity index (χ2v) is 4.66. The second-order valence-electron chi connectivity index (χ2n) is 3.77. The minimum atomic E-state index is -1.09. The molecule has 2 N–H and O–H groups in total. The highest BCUT2D eigenvalue weighted by Gasteiger charge is 2.20. The van der Waals surface area contributed by atoms with Gasteiger partial charge in [0.15, 0.2) is 5.69 Å². The van der Waals surface area contributed by atoms with Crippen LogP contribution in [0.15, 0.2) is 17.4 Å². The molecule has 0 spiro atoms. The summed E-state index contributed by atoms with van der Waals surface area (Å²) in [5, 5.41) is 13.4. The summed E-state index contributed by atoms with van der Waals surface area (Å²) in [6.45, 7) is 2.46. The van der Waals surface area contributed by atoms with Crippen molar-refractivity contribution in [3.63, 3.8) is 0 Å². The Morgan fingerprint density at radius 1 is 1.53 bits per heavy atom. The summed E-state index contributed by atoms with van der Waals surface area (Å²) in [6.07, 6.45) is 1.26. The van der Waals surface area contributed by atoms with Crippen molar-refractivity contribution in [1.82, 2.24) is 10.3 Å². The van der Waals surface area contributed by atoms with E-state index in [0.29, 0.717) is 18.2 Å². The minimum absolute atomic E-state index is 0.0300. The maximum absolute atomic E-state index is 11.8. The predicted molar refractivity (Wildman–Crippen MR) is 65.6 cm³/mol. The number of carboxylic acid groups (broad SMARTS) is 1. The number of carbonyl (C=O) groups excluding carboxylic acids is 1. The van der Waals surface area contributed by atoms with E-state index in [1.807, 2.05) is 0 Å². The summed E-state index contributed by atoms with van der Waals surface area (Å²) >= 11 is 1.18. The lowest BCUT2D eigenvalue weighted by Crippen LogP contribution is -2.30. The Labute approximate surface area is 112 Å². The molecule has 8 heteroatoms. The van der Waals surface area contributed by atoms with Gasteiger partial charge in [-0.1, -0.05) is 0 Å². The van der Waals surface area contributed by atoms with Gasteiger partial charge in [-0.05, 0) is 6.92 Å². The number of rotatable bonds is 4. The standard InChI is InChI=1S/C11H12N2O5S/c1-6(10-13-7(5-19-10)11(15)16)12-9(14)8-4-17-2-3-18-8/h4-6H,2-3H2,1H3,(H,12,14)(H,15,16). The topological polar surface area (TPSA) is 97.8 Å². The van der Waals surface area contributed by atoms with E-state index >= 15 is 0 Å². The Morgan fingerprint density at radius 3 is 2.89 bits per heavy atom. The average molecular weight is 284 g/mol. The van der Waals surface area contributed by atoms with Crippen molar-refractivity contribution in [3.8, 4) is 0 Å². The first kappa shape index (κ1) is 13.3. The smallest absolute Gasteiger partial charge is 0.355 e. The molecule has 1 unspecified atom stereocenters. The number of hydrogen-bond acceptors (Lipinski definition) is 6. The first-order valence-corrected chi connectivity index (χ1v) is 6.40. The number of ether oxygens (including phenoxy) is 2. The van der Waals surface area contributed by atoms with E-state index in [0.717, 1.165) is 0 Å². The van der Waals surface area contributed by atoms with Gasteiger partial charge in [-0.25, -0.2) is 9.78 Å². The number of carboxylic acids is 1. The highest BCUT2D eigenvalue weighted by atomic mass is 32.1. The van der Waals surface area contributed by atoms with Crippen molar-refractivity contribution in [2.75, 3.05) is 13.2 Å². The number of hydrogen-bond donors (Lipinski definition) is 2. The van der Waals surface area contributed by atoms with Crippen LogP contribution in [0.1, 0.15) is 28.5 Å². The van der Waals surface area contributed by atoms with Gasteiger partial charge in [0.05, 0.1) is 6.04 Å². The summed E-state index contributed by atoms with van der Waals surface area (Å²) in [4.78, 5) is 26.4. The maximum Gasteiger partial charge on any atom is 0.355 e. The second kappa shape index (κ2) is 5.70. The van der Waals surface area contributed by atoms with Crippen LogP contribution in [0.3, 0.4) is 0 Å². The molecule has 1 atom stereocenters. The van der Waals surface area contributed by atoms with E-state index in [1.54, 1.807) is 6.92 Å². The van der Waals surface area contributed by atoms with Crippen molar-refractivity contribution in [2.24, 2.45) is 0 Å². The number of aromatic carboxylic acids is 1. The molecule has 102 valence electrons. The first-order valence-electron chi connectivity index (χ1n) is 5.52. The van der Waals surface area contributed by atoms with Gasteiger partial charge >= 0.3 is 5.97 Å². The van der Waals surface area contributed by atoms with Crippen LogP contribution in [0.25, 0.3) is 0 Å². The molecular weight excluding hydrogens is 272 g/mol. The normalized spacial score (nSPS) is 15.7. The number of carbonyl (C=O) groups is 2. The molecule has 0 radical (unpaired) electrons. The Bertz CT molecular complexity index is 525. The highest BCUT2D eigenvalue weighted by Crippen LogP contribution is 2.18. The van der Waals surface area contributed by atoms with Gasteiger partial charge < -0.3 is 19.9 Å². The van der Waals surface area contributed by atoms with Crippen LogP contribution in [0.5, 0.6) is 0 Å². The van der Waals surface area contributed by atoms with E-state index < -0.39 is 17.9 Å². The van der Waals surface area contributed by atoms with Crippen LogP contribution < -0.4 is 5.32 Å². The van der Waals surface area contributed by atoms with E-state index in [2.05, 4.69) is 10.3 Å². The summed E-state index contributed by atoms with van der Waals surface area (Å²) in [7, 11) is 0. The summed E-state index contributed by atoms with van der Waals surface area (Å²) in [6, 6.07) is -0.406. The fraction of sp³-hybridized carbons (Fsp3) is 0.364. The number of nitrogens with zero attached hydrogens (tertiary/aromatic N) is 1. The van der Waals surface area contributed by atoms with Gasteiger partial charge in [-0.2, -0.15) is 0 Å². The lowest BCUT2D eigenvalue weighted by atomic mass is 10.3. The van der Waals surface area contributed by atoms with Crippen molar-refractivity contribution in [3.05, 3.63) is 28.1 Å². The number of amides is 1. The van der Waals surface area contributed by atoms with Gasteiger partial charge in [0, 0.05) is 5.38 Å². The molecule has 0 bridgehead atoms. The third-order valence-electron chi connectivity index (χ3n) is 2.33. The summed E-state index contributed by atoms with van der Waals surface area (Å²) in [5.41, 5.74) is -0.0300. The van der Waals surface area contributed by atoms with Crippen LogP contribution in [-0.2, 0) is 14.3 Å². The molecule has 7 nitrogen and oxygen atoms in total. The summed E-state index contributed by atoms with van der Waals surface area (Å²) in [5.74, 6) is -1.40. The molecular formula is C11H12N2O5S. The highest BCUT2D eigenvalue weighted by molar-refractivity contribution is 7.09.